The molecule has 1 fully saturated rings. The molecule has 0 saturated heterocycles. The van der Waals surface area contributed by atoms with Gasteiger partial charge < -0.3 is 9.84 Å². The zero-order chi connectivity index (χ0) is 29.1. The zero-order valence-corrected chi connectivity index (χ0v) is 28.5. The maximum atomic E-state index is 10.4. The number of aliphatic hydroxyl groups excluding tert-OH is 1. The van der Waals surface area contributed by atoms with E-state index in [9.17, 15) is 5.11 Å². The summed E-state index contributed by atoms with van der Waals surface area (Å²) in [4.78, 5) is 0. The Morgan fingerprint density at radius 1 is 1.07 bits per heavy atom. The van der Waals surface area contributed by atoms with Crippen molar-refractivity contribution in [2.24, 2.45) is 23.0 Å². The molecule has 1 heterocycles. The van der Waals surface area contributed by atoms with Crippen molar-refractivity contribution < 1.29 is 40.5 Å². The quantitative estimate of drug-likeness (QED) is 0.115. The Hall–Kier alpha value is -0.520. The number of allylic oxidation sites excluding steroid dienone is 6. The number of halogens is 1. The number of thioether (sulfide) groups is 1. The minimum Gasteiger partial charge on any atom is -0.0480 e. The van der Waals surface area contributed by atoms with E-state index in [-0.39, 0.29) is 32.7 Å². The van der Waals surface area contributed by atoms with E-state index in [2.05, 4.69) is 56.6 Å². The van der Waals surface area contributed by atoms with Gasteiger partial charge in [-0.2, -0.15) is 0 Å². The number of ether oxygens (including phenoxy) is 3. The number of alkyl halides is 2. The molecular formula is C33H54IN2O4S-. The predicted octanol–water partition coefficient (Wildman–Crippen LogP) is 3.23. The van der Waals surface area contributed by atoms with Crippen LogP contribution < -0.4 is 32.3 Å². The molecule has 0 amide bonds. The Bertz CT molecular complexity index is 928. The summed E-state index contributed by atoms with van der Waals surface area (Å²) < 4.78 is 19.9. The van der Waals surface area contributed by atoms with Crippen molar-refractivity contribution in [3.05, 3.63) is 47.5 Å². The maximum Gasteiger partial charge on any atom is -0.0265 e. The first-order valence-electron chi connectivity index (χ1n) is 15.8. The van der Waals surface area contributed by atoms with Gasteiger partial charge in [0.05, 0.1) is 19.3 Å². The van der Waals surface area contributed by atoms with Crippen LogP contribution in [0.25, 0.3) is 0 Å². The third kappa shape index (κ3) is 11.2. The SMILES string of the molecule is CCC1CCC(OCC(O)COC2C=CC(C(C)(C)C3=CC=C(OC[I-]C(CC4=CN4)SCCN)CC3)CC2)CC1. The van der Waals surface area contributed by atoms with Crippen LogP contribution in [-0.4, -0.2) is 56.8 Å². The molecule has 0 spiro atoms. The Balaban J connectivity index is 1.15. The van der Waals surface area contributed by atoms with Crippen molar-refractivity contribution >= 4 is 11.8 Å². The molecule has 1 saturated carbocycles. The first-order chi connectivity index (χ1) is 19.9. The number of nitrogens with one attached hydrogen (secondary N) is 1. The second kappa shape index (κ2) is 17.1. The molecule has 4 rings (SSSR count). The van der Waals surface area contributed by atoms with Crippen LogP contribution in [0.3, 0.4) is 0 Å². The summed E-state index contributed by atoms with van der Waals surface area (Å²) in [5, 5.41) is 13.7. The second-order valence-electron chi connectivity index (χ2n) is 12.5. The average Bonchev–Trinajstić information content (AvgIpc) is 3.82. The summed E-state index contributed by atoms with van der Waals surface area (Å²) in [6.07, 6.45) is 22.4. The maximum absolute atomic E-state index is 10.4. The third-order valence-electron chi connectivity index (χ3n) is 9.20. The molecule has 6 nitrogen and oxygen atoms in total. The van der Waals surface area contributed by atoms with Crippen LogP contribution in [0.5, 0.6) is 0 Å². The molecule has 41 heavy (non-hydrogen) atoms. The van der Waals surface area contributed by atoms with Crippen molar-refractivity contribution in [3.8, 4) is 0 Å². The van der Waals surface area contributed by atoms with Gasteiger partial charge in [-0.3, -0.25) is 0 Å². The standard InChI is InChI=1S/C33H54IN2O4S/c1-4-24-5-11-29(12-6-24)38-21-28(37)22-39-30-13-7-25(8-14-30)33(2,3)26-9-15-31(16-10-26)40-23-34-32(41-18-17-35)19-27-20-36-27/h7,9,13,15,20,24-25,28-30,32,36-37H,4-6,8,10-12,14,16-19,21-23,35H2,1-3H3/q-1. The summed E-state index contributed by atoms with van der Waals surface area (Å²) in [7, 11) is 0. The largest absolute Gasteiger partial charge is 0.0480 e. The van der Waals surface area contributed by atoms with Gasteiger partial charge in [0.1, 0.15) is 6.10 Å². The van der Waals surface area contributed by atoms with E-state index < -0.39 is 6.10 Å². The van der Waals surface area contributed by atoms with Crippen LogP contribution in [0.1, 0.15) is 85.0 Å². The molecule has 0 aromatic carbocycles. The Labute approximate surface area is 263 Å². The first kappa shape index (κ1) is 33.4. The molecule has 4 atom stereocenters. The van der Waals surface area contributed by atoms with Gasteiger partial charge in [-0.25, -0.2) is 0 Å². The molecule has 0 aromatic heterocycles. The minimum absolute atomic E-state index is 0.0408. The molecule has 4 N–H and O–H groups in total. The molecule has 1 aliphatic heterocycles. The van der Waals surface area contributed by atoms with Gasteiger partial charge in [-0.1, -0.05) is 13.3 Å². The summed E-state index contributed by atoms with van der Waals surface area (Å²) in [5.74, 6) is 3.52. The molecule has 4 unspecified atom stereocenters. The van der Waals surface area contributed by atoms with E-state index in [4.69, 9.17) is 19.9 Å². The summed E-state index contributed by atoms with van der Waals surface area (Å²) in [6.45, 7) is 8.52. The van der Waals surface area contributed by atoms with Crippen LogP contribution in [0.4, 0.5) is 0 Å². The van der Waals surface area contributed by atoms with Gasteiger partial charge in [0.25, 0.3) is 0 Å². The zero-order valence-electron chi connectivity index (χ0n) is 25.5. The normalized spacial score (nSPS) is 27.9. The number of hydrogen-bond acceptors (Lipinski definition) is 7. The Morgan fingerprint density at radius 3 is 2.49 bits per heavy atom. The van der Waals surface area contributed by atoms with Crippen LogP contribution in [0.2, 0.25) is 0 Å². The van der Waals surface area contributed by atoms with E-state index in [1.807, 2.05) is 11.8 Å². The van der Waals surface area contributed by atoms with E-state index in [1.165, 1.54) is 30.5 Å². The third-order valence-corrected chi connectivity index (χ3v) is 14.2. The summed E-state index contributed by atoms with van der Waals surface area (Å²) >= 11 is 1.97. The van der Waals surface area contributed by atoms with Crippen molar-refractivity contribution in [1.82, 2.24) is 5.32 Å². The average molecular weight is 702 g/mol. The minimum atomic E-state index is -0.553. The molecule has 4 aliphatic rings. The van der Waals surface area contributed by atoms with Gasteiger partial charge in [0.2, 0.25) is 0 Å². The van der Waals surface area contributed by atoms with Gasteiger partial charge in [-0.15, -0.1) is 0 Å². The first-order valence-corrected chi connectivity index (χ1v) is 19.7. The molecule has 0 aromatic rings. The Morgan fingerprint density at radius 2 is 1.85 bits per heavy atom. The molecule has 8 heteroatoms. The van der Waals surface area contributed by atoms with Gasteiger partial charge in [0, 0.05) is 0 Å². The van der Waals surface area contributed by atoms with E-state index in [0.29, 0.717) is 28.5 Å². The van der Waals surface area contributed by atoms with Crippen LogP contribution >= 0.6 is 11.8 Å². The molecule has 0 radical (unpaired) electrons. The van der Waals surface area contributed by atoms with Gasteiger partial charge >= 0.3 is 185 Å². The summed E-state index contributed by atoms with van der Waals surface area (Å²) in [5.41, 5.74) is 8.73. The van der Waals surface area contributed by atoms with E-state index in [1.54, 1.807) is 0 Å². The number of hydrogen-bond donors (Lipinski definition) is 3. The predicted molar refractivity (Wildman–Crippen MR) is 166 cm³/mol. The van der Waals surface area contributed by atoms with Gasteiger partial charge in [-0.05, 0) is 31.6 Å². The number of aliphatic hydroxyl groups is 1. The fraction of sp³-hybridized carbons (Fsp3) is 0.758. The smallest absolute Gasteiger partial charge is 0.0265 e. The van der Waals surface area contributed by atoms with Crippen molar-refractivity contribution in [2.45, 2.75) is 107 Å². The summed E-state index contributed by atoms with van der Waals surface area (Å²) in [6, 6.07) is 0. The van der Waals surface area contributed by atoms with E-state index >= 15 is 0 Å². The monoisotopic (exact) mass is 701 g/mol. The number of nitrogens with two attached hydrogens (primary N) is 1. The van der Waals surface area contributed by atoms with E-state index in [0.717, 1.165) is 73.5 Å². The second-order valence-corrected chi connectivity index (χ2v) is 17.7. The van der Waals surface area contributed by atoms with Crippen molar-refractivity contribution in [2.75, 3.05) is 30.1 Å². The fourth-order valence-electron chi connectivity index (χ4n) is 6.15. The van der Waals surface area contributed by atoms with Crippen molar-refractivity contribution in [1.29, 1.82) is 0 Å². The fourth-order valence-corrected chi connectivity index (χ4v) is 10.6. The van der Waals surface area contributed by atoms with Crippen LogP contribution in [0.15, 0.2) is 47.5 Å². The molecule has 234 valence electrons. The topological polar surface area (TPSA) is 95.9 Å². The Kier molecular flexibility index (Phi) is 13.9. The van der Waals surface area contributed by atoms with Crippen LogP contribution in [0, 0.1) is 17.3 Å². The molecular weight excluding hydrogens is 647 g/mol. The molecule has 3 aliphatic carbocycles. The van der Waals surface area contributed by atoms with Gasteiger partial charge in [0.15, 0.2) is 0 Å². The van der Waals surface area contributed by atoms with Crippen molar-refractivity contribution in [3.63, 3.8) is 0 Å². The molecule has 0 bridgehead atoms. The number of rotatable bonds is 18. The van der Waals surface area contributed by atoms with Crippen LogP contribution in [-0.2, 0) is 14.2 Å².